The second kappa shape index (κ2) is 18.0. The minimum absolute atomic E-state index is 0.0470. The Balaban J connectivity index is 1.87. The monoisotopic (exact) mass is 418 g/mol. The second-order valence-electron chi connectivity index (χ2n) is 8.25. The van der Waals surface area contributed by atoms with Crippen molar-refractivity contribution in [3.05, 3.63) is 29.8 Å². The first-order valence-electron chi connectivity index (χ1n) is 12.0. The van der Waals surface area contributed by atoms with Crippen molar-refractivity contribution in [1.29, 1.82) is 0 Å². The highest BCUT2D eigenvalue weighted by atomic mass is 16.5. The number of esters is 2. The Morgan fingerprint density at radius 2 is 1.27 bits per heavy atom. The number of hydrogen-bond donors (Lipinski definition) is 0. The number of ether oxygens (including phenoxy) is 2. The lowest BCUT2D eigenvalue weighted by molar-refractivity contribution is -0.147. The third kappa shape index (κ3) is 15.1. The molecule has 0 aliphatic rings. The molecular weight excluding hydrogens is 376 g/mol. The molecule has 0 heterocycles. The molecular formula is C26H42O4. The maximum Gasteiger partial charge on any atom is 0.311 e. The number of rotatable bonds is 18. The van der Waals surface area contributed by atoms with Crippen LogP contribution in [0.5, 0.6) is 5.75 Å². The zero-order valence-corrected chi connectivity index (χ0v) is 19.3. The summed E-state index contributed by atoms with van der Waals surface area (Å²) in [7, 11) is 0. The van der Waals surface area contributed by atoms with Gasteiger partial charge in [0.05, 0.1) is 19.4 Å². The van der Waals surface area contributed by atoms with Crippen molar-refractivity contribution in [2.45, 2.75) is 110 Å². The number of carbonyl (C=O) groups is 2. The van der Waals surface area contributed by atoms with E-state index in [0.29, 0.717) is 12.4 Å². The van der Waals surface area contributed by atoms with E-state index in [0.717, 1.165) is 18.4 Å². The van der Waals surface area contributed by atoms with Crippen LogP contribution in [0, 0.1) is 6.92 Å². The molecule has 1 aromatic rings. The quantitative estimate of drug-likeness (QED) is 0.142. The summed E-state index contributed by atoms with van der Waals surface area (Å²) in [5.74, 6) is -0.214. The van der Waals surface area contributed by atoms with E-state index in [1.54, 1.807) is 12.1 Å². The lowest BCUT2D eigenvalue weighted by Gasteiger charge is -2.06. The summed E-state index contributed by atoms with van der Waals surface area (Å²) in [4.78, 5) is 23.5. The largest absolute Gasteiger partial charge is 0.466 e. The van der Waals surface area contributed by atoms with Crippen molar-refractivity contribution in [2.75, 3.05) is 6.61 Å². The van der Waals surface area contributed by atoms with Gasteiger partial charge in [0.2, 0.25) is 0 Å². The van der Waals surface area contributed by atoms with Gasteiger partial charge in [-0.05, 0) is 31.0 Å². The molecule has 0 radical (unpaired) electrons. The first kappa shape index (κ1) is 26.2. The van der Waals surface area contributed by atoms with Gasteiger partial charge >= 0.3 is 11.9 Å². The molecule has 0 N–H and O–H groups in total. The van der Waals surface area contributed by atoms with Gasteiger partial charge in [0.1, 0.15) is 5.75 Å². The molecule has 4 nitrogen and oxygen atoms in total. The Kier molecular flexibility index (Phi) is 15.7. The topological polar surface area (TPSA) is 52.6 Å². The average molecular weight is 419 g/mol. The van der Waals surface area contributed by atoms with E-state index in [9.17, 15) is 9.59 Å². The summed E-state index contributed by atoms with van der Waals surface area (Å²) in [6.45, 7) is 4.64. The first-order valence-corrected chi connectivity index (χ1v) is 12.0. The van der Waals surface area contributed by atoms with E-state index in [2.05, 4.69) is 6.92 Å². The van der Waals surface area contributed by atoms with Gasteiger partial charge < -0.3 is 9.47 Å². The molecule has 170 valence electrons. The van der Waals surface area contributed by atoms with E-state index < -0.39 is 5.97 Å². The van der Waals surface area contributed by atoms with Crippen molar-refractivity contribution in [1.82, 2.24) is 0 Å². The Labute approximate surface area is 183 Å². The van der Waals surface area contributed by atoms with Crippen LogP contribution in [-0.2, 0) is 14.3 Å². The normalized spacial score (nSPS) is 10.7. The summed E-state index contributed by atoms with van der Waals surface area (Å²) >= 11 is 0. The highest BCUT2D eigenvalue weighted by Gasteiger charge is 2.10. The molecule has 0 saturated heterocycles. The van der Waals surface area contributed by atoms with Crippen LogP contribution in [0.25, 0.3) is 0 Å². The molecule has 1 rings (SSSR count). The Morgan fingerprint density at radius 3 is 1.83 bits per heavy atom. The third-order valence-corrected chi connectivity index (χ3v) is 5.27. The molecule has 0 spiro atoms. The highest BCUT2D eigenvalue weighted by Crippen LogP contribution is 2.14. The predicted octanol–water partition coefficient (Wildman–Crippen LogP) is 7.32. The van der Waals surface area contributed by atoms with Crippen LogP contribution in [0.15, 0.2) is 24.3 Å². The maximum absolute atomic E-state index is 11.8. The number of carbonyl (C=O) groups excluding carboxylic acids is 2. The zero-order valence-electron chi connectivity index (χ0n) is 19.3. The van der Waals surface area contributed by atoms with Gasteiger partial charge in [0.15, 0.2) is 0 Å². The summed E-state index contributed by atoms with van der Waals surface area (Å²) in [5.41, 5.74) is 1.03. The van der Waals surface area contributed by atoms with Gasteiger partial charge in [-0.2, -0.15) is 0 Å². The van der Waals surface area contributed by atoms with Crippen molar-refractivity contribution in [3.8, 4) is 5.75 Å². The number of aryl methyl sites for hydroxylation is 1. The van der Waals surface area contributed by atoms with Gasteiger partial charge in [-0.1, -0.05) is 96.1 Å². The Hall–Kier alpha value is -1.84. The molecule has 0 fully saturated rings. The van der Waals surface area contributed by atoms with Crippen LogP contribution in [0.2, 0.25) is 0 Å². The molecule has 1 aromatic carbocycles. The zero-order chi connectivity index (χ0) is 21.9. The first-order chi connectivity index (χ1) is 14.6. The van der Waals surface area contributed by atoms with E-state index >= 15 is 0 Å². The molecule has 0 amide bonds. The molecule has 0 bridgehead atoms. The van der Waals surface area contributed by atoms with E-state index in [-0.39, 0.29) is 18.8 Å². The Bertz CT molecular complexity index is 582. The van der Waals surface area contributed by atoms with Crippen molar-refractivity contribution in [2.24, 2.45) is 0 Å². The van der Waals surface area contributed by atoms with Crippen LogP contribution >= 0.6 is 0 Å². The average Bonchev–Trinajstić information content (AvgIpc) is 2.72. The van der Waals surface area contributed by atoms with Crippen LogP contribution in [-0.4, -0.2) is 18.5 Å². The van der Waals surface area contributed by atoms with Crippen molar-refractivity contribution >= 4 is 11.9 Å². The fourth-order valence-corrected chi connectivity index (χ4v) is 3.44. The van der Waals surface area contributed by atoms with E-state index in [1.165, 1.54) is 70.6 Å². The van der Waals surface area contributed by atoms with Crippen molar-refractivity contribution < 1.29 is 19.1 Å². The standard InChI is InChI=1S/C26H42O4/c1-3-4-5-6-7-8-9-10-11-12-13-14-15-21-29-25(27)19-20-26(28)30-24-18-16-17-23(2)22-24/h16-18,22H,3-15,19-21H2,1-2H3. The van der Waals surface area contributed by atoms with E-state index in [4.69, 9.17) is 9.47 Å². The van der Waals surface area contributed by atoms with E-state index in [1.807, 2.05) is 19.1 Å². The molecule has 0 aliphatic carbocycles. The number of unbranched alkanes of at least 4 members (excludes halogenated alkanes) is 12. The Morgan fingerprint density at radius 1 is 0.733 bits per heavy atom. The lowest BCUT2D eigenvalue weighted by atomic mass is 10.0. The number of hydrogen-bond acceptors (Lipinski definition) is 4. The lowest BCUT2D eigenvalue weighted by Crippen LogP contribution is -2.12. The van der Waals surface area contributed by atoms with Crippen LogP contribution in [0.3, 0.4) is 0 Å². The molecule has 30 heavy (non-hydrogen) atoms. The van der Waals surface area contributed by atoms with Gasteiger partial charge in [0, 0.05) is 0 Å². The summed E-state index contributed by atoms with van der Waals surface area (Å²) in [5, 5.41) is 0. The maximum atomic E-state index is 11.8. The van der Waals surface area contributed by atoms with Gasteiger partial charge in [-0.15, -0.1) is 0 Å². The van der Waals surface area contributed by atoms with Crippen LogP contribution < -0.4 is 4.74 Å². The fraction of sp³-hybridized carbons (Fsp3) is 0.692. The van der Waals surface area contributed by atoms with Crippen LogP contribution in [0.4, 0.5) is 0 Å². The van der Waals surface area contributed by atoms with Crippen molar-refractivity contribution in [3.63, 3.8) is 0 Å². The van der Waals surface area contributed by atoms with Gasteiger partial charge in [0.25, 0.3) is 0 Å². The molecule has 0 atom stereocenters. The number of benzene rings is 1. The molecule has 0 aromatic heterocycles. The summed E-state index contributed by atoms with van der Waals surface area (Å²) in [6.07, 6.45) is 16.9. The summed E-state index contributed by atoms with van der Waals surface area (Å²) < 4.78 is 10.4. The van der Waals surface area contributed by atoms with Gasteiger partial charge in [-0.25, -0.2) is 0 Å². The molecule has 0 aliphatic heterocycles. The smallest absolute Gasteiger partial charge is 0.311 e. The molecule has 0 unspecified atom stereocenters. The molecule has 0 saturated carbocycles. The van der Waals surface area contributed by atoms with Crippen LogP contribution in [0.1, 0.15) is 109 Å². The fourth-order valence-electron chi connectivity index (χ4n) is 3.44. The highest BCUT2D eigenvalue weighted by molar-refractivity contribution is 5.79. The molecule has 4 heteroatoms. The second-order valence-corrected chi connectivity index (χ2v) is 8.25. The van der Waals surface area contributed by atoms with Gasteiger partial charge in [-0.3, -0.25) is 9.59 Å². The SMILES string of the molecule is CCCCCCCCCCCCCCCOC(=O)CCC(=O)Oc1cccc(C)c1. The third-order valence-electron chi connectivity index (χ3n) is 5.27. The summed E-state index contributed by atoms with van der Waals surface area (Å²) in [6, 6.07) is 7.30. The predicted molar refractivity (Wildman–Crippen MR) is 123 cm³/mol. The minimum atomic E-state index is -0.404. The minimum Gasteiger partial charge on any atom is -0.466 e.